The molecule has 0 aliphatic carbocycles. The van der Waals surface area contributed by atoms with Crippen LogP contribution in [0.15, 0.2) is 37.9 Å². The second-order valence-corrected chi connectivity index (χ2v) is 7.75. The molecule has 2 aromatic rings. The number of benzene rings is 1. The van der Waals surface area contributed by atoms with Crippen LogP contribution in [-0.2, 0) is 0 Å². The van der Waals surface area contributed by atoms with E-state index in [2.05, 4.69) is 42.0 Å². The van der Waals surface area contributed by atoms with Crippen molar-refractivity contribution in [2.75, 3.05) is 0 Å². The van der Waals surface area contributed by atoms with E-state index in [4.69, 9.17) is 5.84 Å². The fourth-order valence-corrected chi connectivity index (χ4v) is 4.71. The van der Waals surface area contributed by atoms with Crippen molar-refractivity contribution < 1.29 is 17.9 Å². The van der Waals surface area contributed by atoms with Gasteiger partial charge in [0.15, 0.2) is 0 Å². The Morgan fingerprint density at radius 1 is 1.24 bits per heavy atom. The number of hydrogen-bond acceptors (Lipinski definition) is 4. The zero-order valence-electron chi connectivity index (χ0n) is 10.2. The summed E-state index contributed by atoms with van der Waals surface area (Å²) in [5.41, 5.74) is 3.98. The van der Waals surface area contributed by atoms with E-state index in [0.717, 1.165) is 13.1 Å². The first-order chi connectivity index (χ1) is 9.80. The van der Waals surface area contributed by atoms with Crippen molar-refractivity contribution in [3.63, 3.8) is 0 Å². The van der Waals surface area contributed by atoms with Crippen LogP contribution in [0, 0.1) is 0 Å². The molecule has 1 unspecified atom stereocenters. The number of hydrazine groups is 1. The zero-order valence-corrected chi connectivity index (χ0v) is 14.2. The van der Waals surface area contributed by atoms with E-state index in [9.17, 15) is 13.2 Å². The standard InChI is InChI=1S/C12H9Br2F3N2OS/c13-9-5-8(11(14)21-9)10(19-18)6-2-1-3-7(4-6)20-12(15,16)17/h1-5,10,19H,18H2. The van der Waals surface area contributed by atoms with Crippen LogP contribution in [0.2, 0.25) is 0 Å². The van der Waals surface area contributed by atoms with Gasteiger partial charge in [0.2, 0.25) is 0 Å². The zero-order chi connectivity index (χ0) is 15.6. The molecule has 21 heavy (non-hydrogen) atoms. The van der Waals surface area contributed by atoms with Gasteiger partial charge < -0.3 is 4.74 Å². The molecule has 0 spiro atoms. The molecule has 3 nitrogen and oxygen atoms in total. The predicted molar refractivity (Wildman–Crippen MR) is 82.0 cm³/mol. The molecule has 1 aromatic carbocycles. The van der Waals surface area contributed by atoms with Crippen molar-refractivity contribution in [2.24, 2.45) is 5.84 Å². The van der Waals surface area contributed by atoms with E-state index in [1.54, 1.807) is 6.07 Å². The second-order valence-electron chi connectivity index (χ2n) is 4.00. The summed E-state index contributed by atoms with van der Waals surface area (Å²) in [7, 11) is 0. The first-order valence-electron chi connectivity index (χ1n) is 5.56. The molecule has 0 saturated heterocycles. The van der Waals surface area contributed by atoms with Gasteiger partial charge >= 0.3 is 6.36 Å². The molecular formula is C12H9Br2F3N2OS. The molecule has 9 heteroatoms. The van der Waals surface area contributed by atoms with Gasteiger partial charge in [0, 0.05) is 5.56 Å². The van der Waals surface area contributed by atoms with E-state index < -0.39 is 12.4 Å². The Morgan fingerprint density at radius 2 is 1.95 bits per heavy atom. The van der Waals surface area contributed by atoms with Gasteiger partial charge in [-0.05, 0) is 55.6 Å². The monoisotopic (exact) mass is 444 g/mol. The molecule has 114 valence electrons. The summed E-state index contributed by atoms with van der Waals surface area (Å²) in [6, 6.07) is 7.08. The van der Waals surface area contributed by atoms with Crippen molar-refractivity contribution in [1.29, 1.82) is 0 Å². The first-order valence-corrected chi connectivity index (χ1v) is 7.97. The van der Waals surface area contributed by atoms with Crippen molar-refractivity contribution in [1.82, 2.24) is 5.43 Å². The van der Waals surface area contributed by atoms with Gasteiger partial charge in [-0.3, -0.25) is 5.84 Å². The van der Waals surface area contributed by atoms with Crippen LogP contribution in [0.1, 0.15) is 17.2 Å². The van der Waals surface area contributed by atoms with Gasteiger partial charge in [0.1, 0.15) is 5.75 Å². The minimum absolute atomic E-state index is 0.286. The number of thiophene rings is 1. The van der Waals surface area contributed by atoms with Gasteiger partial charge in [0.25, 0.3) is 0 Å². The van der Waals surface area contributed by atoms with Crippen LogP contribution in [0.5, 0.6) is 5.75 Å². The lowest BCUT2D eigenvalue weighted by molar-refractivity contribution is -0.274. The van der Waals surface area contributed by atoms with E-state index in [0.29, 0.717) is 5.56 Å². The lowest BCUT2D eigenvalue weighted by atomic mass is 10.0. The molecule has 1 aromatic heterocycles. The smallest absolute Gasteiger partial charge is 0.406 e. The number of halogens is 5. The average molecular weight is 446 g/mol. The highest BCUT2D eigenvalue weighted by Crippen LogP contribution is 2.38. The van der Waals surface area contributed by atoms with Gasteiger partial charge in [-0.25, -0.2) is 5.43 Å². The third-order valence-corrected chi connectivity index (χ3v) is 4.97. The number of hydrogen-bond donors (Lipinski definition) is 2. The van der Waals surface area contributed by atoms with Crippen LogP contribution in [0.25, 0.3) is 0 Å². The van der Waals surface area contributed by atoms with Gasteiger partial charge in [-0.15, -0.1) is 24.5 Å². The van der Waals surface area contributed by atoms with E-state index in [1.165, 1.54) is 29.5 Å². The Labute approximate surface area is 139 Å². The molecule has 3 N–H and O–H groups in total. The van der Waals surface area contributed by atoms with Crippen LogP contribution >= 0.6 is 43.2 Å². The van der Waals surface area contributed by atoms with E-state index >= 15 is 0 Å². The summed E-state index contributed by atoms with van der Waals surface area (Å²) < 4.78 is 42.5. The SMILES string of the molecule is NNC(c1cccc(OC(F)(F)F)c1)c1cc(Br)sc1Br. The summed E-state index contributed by atoms with van der Waals surface area (Å²) in [4.78, 5) is 0. The predicted octanol–water partition coefficient (Wildman–Crippen LogP) is 4.72. The summed E-state index contributed by atoms with van der Waals surface area (Å²) in [5.74, 6) is 5.26. The Bertz CT molecular complexity index is 633. The number of ether oxygens (including phenoxy) is 1. The Kier molecular flexibility index (Phi) is 5.31. The summed E-state index contributed by atoms with van der Waals surface area (Å²) in [6.45, 7) is 0. The molecule has 1 heterocycles. The molecule has 1 atom stereocenters. The second kappa shape index (κ2) is 6.66. The Balaban J connectivity index is 2.35. The highest BCUT2D eigenvalue weighted by Gasteiger charge is 2.31. The molecule has 0 radical (unpaired) electrons. The lowest BCUT2D eigenvalue weighted by Gasteiger charge is -2.17. The highest BCUT2D eigenvalue weighted by molar-refractivity contribution is 9.12. The van der Waals surface area contributed by atoms with Crippen molar-refractivity contribution in [2.45, 2.75) is 12.4 Å². The molecular weight excluding hydrogens is 437 g/mol. The fourth-order valence-electron chi connectivity index (χ4n) is 1.81. The van der Waals surface area contributed by atoms with Gasteiger partial charge in [-0.1, -0.05) is 12.1 Å². The van der Waals surface area contributed by atoms with E-state index in [1.807, 2.05) is 6.07 Å². The van der Waals surface area contributed by atoms with Crippen LogP contribution in [-0.4, -0.2) is 6.36 Å². The number of alkyl halides is 3. The number of rotatable bonds is 4. The van der Waals surface area contributed by atoms with Crippen molar-refractivity contribution in [3.05, 3.63) is 49.0 Å². The topological polar surface area (TPSA) is 47.3 Å². The highest BCUT2D eigenvalue weighted by atomic mass is 79.9. The van der Waals surface area contributed by atoms with Crippen molar-refractivity contribution >= 4 is 43.2 Å². The summed E-state index contributed by atoms with van der Waals surface area (Å²) >= 11 is 8.21. The molecule has 0 saturated carbocycles. The number of nitrogens with two attached hydrogens (primary N) is 1. The average Bonchev–Trinajstić information content (AvgIpc) is 2.68. The first kappa shape index (κ1) is 16.8. The molecule has 0 fully saturated rings. The molecule has 2 rings (SSSR count). The third kappa shape index (κ3) is 4.43. The maximum Gasteiger partial charge on any atom is 0.573 e. The maximum atomic E-state index is 12.3. The maximum absolute atomic E-state index is 12.3. The van der Waals surface area contributed by atoms with E-state index in [-0.39, 0.29) is 5.75 Å². The minimum atomic E-state index is -4.73. The Hall–Kier alpha value is -0.610. The van der Waals surface area contributed by atoms with Crippen LogP contribution in [0.3, 0.4) is 0 Å². The van der Waals surface area contributed by atoms with Gasteiger partial charge in [-0.2, -0.15) is 0 Å². The largest absolute Gasteiger partial charge is 0.573 e. The quantitative estimate of drug-likeness (QED) is 0.528. The summed E-state index contributed by atoms with van der Waals surface area (Å²) in [5, 5.41) is 0. The van der Waals surface area contributed by atoms with Gasteiger partial charge in [0.05, 0.1) is 13.6 Å². The minimum Gasteiger partial charge on any atom is -0.406 e. The number of nitrogens with one attached hydrogen (secondary N) is 1. The Morgan fingerprint density at radius 3 is 2.48 bits per heavy atom. The fraction of sp³-hybridized carbons (Fsp3) is 0.167. The normalized spacial score (nSPS) is 13.2. The third-order valence-electron chi connectivity index (χ3n) is 2.59. The van der Waals surface area contributed by atoms with Crippen molar-refractivity contribution in [3.8, 4) is 5.75 Å². The van der Waals surface area contributed by atoms with Crippen LogP contribution < -0.4 is 16.0 Å². The molecule has 0 amide bonds. The molecule has 0 aliphatic rings. The van der Waals surface area contributed by atoms with Crippen LogP contribution in [0.4, 0.5) is 13.2 Å². The molecule has 0 aliphatic heterocycles. The molecule has 0 bridgehead atoms. The summed E-state index contributed by atoms with van der Waals surface area (Å²) in [6.07, 6.45) is -4.73. The lowest BCUT2D eigenvalue weighted by Crippen LogP contribution is -2.28.